The highest BCUT2D eigenvalue weighted by Crippen LogP contribution is 2.53. The van der Waals surface area contributed by atoms with Crippen LogP contribution in [0.1, 0.15) is 69.1 Å². The molecule has 3 aromatic carbocycles. The van der Waals surface area contributed by atoms with Gasteiger partial charge in [0.05, 0.1) is 7.11 Å². The number of aliphatic hydroxyl groups is 1. The van der Waals surface area contributed by atoms with Crippen LogP contribution in [-0.4, -0.2) is 55.1 Å². The smallest absolute Gasteiger partial charge is 0.127 e. The average molecular weight is 518 g/mol. The van der Waals surface area contributed by atoms with Gasteiger partial charge in [0.1, 0.15) is 35.6 Å². The van der Waals surface area contributed by atoms with Gasteiger partial charge in [-0.15, -0.1) is 0 Å². The molecule has 3 aromatic rings. The second kappa shape index (κ2) is 12.7. The minimum atomic E-state index is -0.520. The summed E-state index contributed by atoms with van der Waals surface area (Å²) < 4.78 is 18.1. The Bertz CT molecular complexity index is 1140. The number of ether oxygens (including phenoxy) is 3. The molecule has 1 aliphatic rings. The van der Waals surface area contributed by atoms with Crippen molar-refractivity contribution in [1.29, 1.82) is 0 Å². The Morgan fingerprint density at radius 2 is 1.55 bits per heavy atom. The highest BCUT2D eigenvalue weighted by molar-refractivity contribution is 5.52. The SMILES string of the molecule is CCCN(CCC)C[C@H](O)COc1ccc([C@@H]2c3ccc(OC)cc3OC(C)(C)[C@H]2c2ccccc2)cc1. The summed E-state index contributed by atoms with van der Waals surface area (Å²) in [5, 5.41) is 10.6. The third-order valence-corrected chi connectivity index (χ3v) is 7.40. The predicted octanol–water partition coefficient (Wildman–Crippen LogP) is 6.64. The van der Waals surface area contributed by atoms with E-state index in [2.05, 4.69) is 81.1 Å². The van der Waals surface area contributed by atoms with Crippen molar-refractivity contribution in [3.8, 4) is 17.2 Å². The van der Waals surface area contributed by atoms with Crippen LogP contribution >= 0.6 is 0 Å². The van der Waals surface area contributed by atoms with Gasteiger partial charge in [0.2, 0.25) is 0 Å². The molecular weight excluding hydrogens is 474 g/mol. The Balaban J connectivity index is 1.58. The first-order valence-corrected chi connectivity index (χ1v) is 13.9. The Morgan fingerprint density at radius 1 is 0.895 bits per heavy atom. The molecule has 0 fully saturated rings. The molecule has 0 spiro atoms. The lowest BCUT2D eigenvalue weighted by Crippen LogP contribution is -2.43. The fourth-order valence-electron chi connectivity index (χ4n) is 5.78. The molecular formula is C33H43NO4. The van der Waals surface area contributed by atoms with E-state index < -0.39 is 11.7 Å². The first-order valence-electron chi connectivity index (χ1n) is 13.9. The Morgan fingerprint density at radius 3 is 2.18 bits per heavy atom. The molecule has 5 nitrogen and oxygen atoms in total. The van der Waals surface area contributed by atoms with Gasteiger partial charge in [-0.3, -0.25) is 0 Å². The topological polar surface area (TPSA) is 51.2 Å². The van der Waals surface area contributed by atoms with Crippen LogP contribution in [0.4, 0.5) is 0 Å². The second-order valence-corrected chi connectivity index (χ2v) is 10.8. The molecule has 1 heterocycles. The Labute approximate surface area is 228 Å². The summed E-state index contributed by atoms with van der Waals surface area (Å²) >= 11 is 0. The van der Waals surface area contributed by atoms with E-state index in [1.807, 2.05) is 24.3 Å². The monoisotopic (exact) mass is 517 g/mol. The number of rotatable bonds is 12. The van der Waals surface area contributed by atoms with Crippen molar-refractivity contribution >= 4 is 0 Å². The summed E-state index contributed by atoms with van der Waals surface area (Å²) in [6.45, 7) is 11.6. The maximum atomic E-state index is 10.6. The minimum absolute atomic E-state index is 0.0957. The van der Waals surface area contributed by atoms with E-state index >= 15 is 0 Å². The third kappa shape index (κ3) is 6.51. The largest absolute Gasteiger partial charge is 0.497 e. The van der Waals surface area contributed by atoms with Gasteiger partial charge in [0, 0.05) is 30.0 Å². The maximum absolute atomic E-state index is 10.6. The molecule has 4 rings (SSSR count). The molecule has 204 valence electrons. The molecule has 0 saturated heterocycles. The van der Waals surface area contributed by atoms with Crippen LogP contribution in [-0.2, 0) is 0 Å². The van der Waals surface area contributed by atoms with Crippen LogP contribution < -0.4 is 14.2 Å². The number of hydrogen-bond donors (Lipinski definition) is 1. The lowest BCUT2D eigenvalue weighted by atomic mass is 9.68. The molecule has 1 aliphatic heterocycles. The van der Waals surface area contributed by atoms with Gasteiger partial charge in [-0.05, 0) is 69.1 Å². The van der Waals surface area contributed by atoms with E-state index in [1.165, 1.54) is 11.1 Å². The number of methoxy groups -OCH3 is 1. The summed E-state index contributed by atoms with van der Waals surface area (Å²) in [7, 11) is 1.68. The molecule has 38 heavy (non-hydrogen) atoms. The van der Waals surface area contributed by atoms with Crippen LogP contribution in [0.2, 0.25) is 0 Å². The van der Waals surface area contributed by atoms with Crippen LogP contribution in [0.5, 0.6) is 17.2 Å². The summed E-state index contributed by atoms with van der Waals surface area (Å²) in [5.74, 6) is 2.62. The standard InChI is InChI=1S/C33H43NO4/c1-6-19-34(20-7-2)22-26(35)23-37-27-15-13-24(14-16-27)31-29-18-17-28(36-5)21-30(29)38-33(3,4)32(31)25-11-9-8-10-12-25/h8-18,21,26,31-32,35H,6-7,19-20,22-23H2,1-5H3/t26-,31+,32-/m0/s1. The van der Waals surface area contributed by atoms with Crippen molar-refractivity contribution in [3.63, 3.8) is 0 Å². The Hall–Kier alpha value is -3.02. The second-order valence-electron chi connectivity index (χ2n) is 10.8. The quantitative estimate of drug-likeness (QED) is 0.292. The highest BCUT2D eigenvalue weighted by Gasteiger charge is 2.45. The normalized spacial score (nSPS) is 18.9. The Kier molecular flexibility index (Phi) is 9.35. The van der Waals surface area contributed by atoms with E-state index in [-0.39, 0.29) is 18.4 Å². The van der Waals surface area contributed by atoms with Gasteiger partial charge in [-0.25, -0.2) is 0 Å². The van der Waals surface area contributed by atoms with E-state index in [4.69, 9.17) is 14.2 Å². The molecule has 1 N–H and O–H groups in total. The third-order valence-electron chi connectivity index (χ3n) is 7.40. The zero-order chi connectivity index (χ0) is 27.1. The van der Waals surface area contributed by atoms with Crippen molar-refractivity contribution in [2.24, 2.45) is 0 Å². The number of aliphatic hydroxyl groups excluding tert-OH is 1. The molecule has 3 atom stereocenters. The van der Waals surface area contributed by atoms with Crippen molar-refractivity contribution in [3.05, 3.63) is 89.5 Å². The average Bonchev–Trinajstić information content (AvgIpc) is 2.91. The van der Waals surface area contributed by atoms with E-state index in [1.54, 1.807) is 7.11 Å². The number of fused-ring (bicyclic) bond motifs is 1. The van der Waals surface area contributed by atoms with Gasteiger partial charge < -0.3 is 24.2 Å². The molecule has 0 unspecified atom stereocenters. The summed E-state index contributed by atoms with van der Waals surface area (Å²) in [6, 6.07) is 25.1. The van der Waals surface area contributed by atoms with Gasteiger partial charge >= 0.3 is 0 Å². The molecule has 0 aromatic heterocycles. The van der Waals surface area contributed by atoms with Crippen LogP contribution in [0.15, 0.2) is 72.8 Å². The number of benzene rings is 3. The molecule has 0 radical (unpaired) electrons. The lowest BCUT2D eigenvalue weighted by Gasteiger charge is -2.45. The van der Waals surface area contributed by atoms with Crippen LogP contribution in [0.25, 0.3) is 0 Å². The van der Waals surface area contributed by atoms with Crippen molar-refractivity contribution < 1.29 is 19.3 Å². The fraction of sp³-hybridized carbons (Fsp3) is 0.455. The van der Waals surface area contributed by atoms with Crippen LogP contribution in [0.3, 0.4) is 0 Å². The highest BCUT2D eigenvalue weighted by atomic mass is 16.5. The molecule has 0 bridgehead atoms. The first-order chi connectivity index (χ1) is 18.4. The van der Waals surface area contributed by atoms with Gasteiger partial charge in [-0.1, -0.05) is 62.4 Å². The lowest BCUT2D eigenvalue weighted by molar-refractivity contribution is 0.0527. The van der Waals surface area contributed by atoms with Gasteiger partial charge in [0.15, 0.2) is 0 Å². The van der Waals surface area contributed by atoms with Crippen molar-refractivity contribution in [2.75, 3.05) is 33.4 Å². The molecule has 0 aliphatic carbocycles. The summed E-state index contributed by atoms with van der Waals surface area (Å²) in [5.41, 5.74) is 3.16. The molecule has 0 amide bonds. The molecule has 0 saturated carbocycles. The fourth-order valence-corrected chi connectivity index (χ4v) is 5.78. The van der Waals surface area contributed by atoms with E-state index in [9.17, 15) is 5.11 Å². The summed E-state index contributed by atoms with van der Waals surface area (Å²) in [6.07, 6.45) is 1.64. The maximum Gasteiger partial charge on any atom is 0.127 e. The first kappa shape index (κ1) is 28.0. The zero-order valence-electron chi connectivity index (χ0n) is 23.5. The van der Waals surface area contributed by atoms with Crippen molar-refractivity contribution in [2.45, 2.75) is 64.1 Å². The van der Waals surface area contributed by atoms with Gasteiger partial charge in [-0.2, -0.15) is 0 Å². The minimum Gasteiger partial charge on any atom is -0.497 e. The van der Waals surface area contributed by atoms with Crippen LogP contribution in [0, 0.1) is 0 Å². The predicted molar refractivity (Wildman–Crippen MR) is 154 cm³/mol. The van der Waals surface area contributed by atoms with E-state index in [0.717, 1.165) is 48.7 Å². The summed E-state index contributed by atoms with van der Waals surface area (Å²) in [4.78, 5) is 2.31. The van der Waals surface area contributed by atoms with Gasteiger partial charge in [0.25, 0.3) is 0 Å². The van der Waals surface area contributed by atoms with E-state index in [0.29, 0.717) is 6.54 Å². The van der Waals surface area contributed by atoms with Crippen molar-refractivity contribution in [1.82, 2.24) is 4.90 Å². The number of hydrogen-bond acceptors (Lipinski definition) is 5. The zero-order valence-corrected chi connectivity index (χ0v) is 23.5. The molecule has 5 heteroatoms. The number of nitrogens with zero attached hydrogens (tertiary/aromatic N) is 1.